The maximum Gasteiger partial charge on any atom is 0.213 e. The molecule has 1 aliphatic heterocycles. The number of morpholine rings is 1. The van der Waals surface area contributed by atoms with Crippen molar-refractivity contribution in [3.63, 3.8) is 0 Å². The van der Waals surface area contributed by atoms with E-state index in [1.165, 1.54) is 0 Å². The van der Waals surface area contributed by atoms with Crippen molar-refractivity contribution in [3.05, 3.63) is 54.4 Å². The summed E-state index contributed by atoms with van der Waals surface area (Å²) < 4.78 is 11.2. The second-order valence-electron chi connectivity index (χ2n) is 7.09. The van der Waals surface area contributed by atoms with E-state index < -0.39 is 0 Å². The largest absolute Gasteiger partial charge is 0.481 e. The highest BCUT2D eigenvalue weighted by Gasteiger charge is 2.26. The average molecular weight is 389 g/mol. The van der Waals surface area contributed by atoms with Crippen LogP contribution in [0.3, 0.4) is 0 Å². The second kappa shape index (κ2) is 8.33. The van der Waals surface area contributed by atoms with Gasteiger partial charge in [0.05, 0.1) is 42.3 Å². The number of benzene rings is 1. The number of aromatic nitrogens is 2. The third-order valence-corrected chi connectivity index (χ3v) is 5.01. The van der Waals surface area contributed by atoms with Crippen LogP contribution < -0.4 is 15.0 Å². The Kier molecular flexibility index (Phi) is 5.45. The van der Waals surface area contributed by atoms with Gasteiger partial charge in [-0.3, -0.25) is 4.98 Å². The molecule has 29 heavy (non-hydrogen) atoms. The number of nitrogens with zero attached hydrogens (tertiary/aromatic N) is 4. The monoisotopic (exact) mass is 389 g/mol. The summed E-state index contributed by atoms with van der Waals surface area (Å²) in [6, 6.07) is 13.8. The van der Waals surface area contributed by atoms with Gasteiger partial charge in [-0.2, -0.15) is 5.26 Å². The minimum Gasteiger partial charge on any atom is -0.481 e. The molecule has 1 aliphatic rings. The smallest absolute Gasteiger partial charge is 0.213 e. The first-order valence-electron chi connectivity index (χ1n) is 9.60. The molecule has 0 amide bonds. The summed E-state index contributed by atoms with van der Waals surface area (Å²) in [6.07, 6.45) is 3.59. The van der Waals surface area contributed by atoms with Gasteiger partial charge in [0.1, 0.15) is 6.07 Å². The number of hydrogen-bond donors (Lipinski definition) is 1. The van der Waals surface area contributed by atoms with E-state index in [1.54, 1.807) is 19.5 Å². The highest BCUT2D eigenvalue weighted by atomic mass is 16.5. The molecule has 148 valence electrons. The molecule has 0 spiro atoms. The molecule has 2 aromatic heterocycles. The first-order chi connectivity index (χ1) is 14.2. The van der Waals surface area contributed by atoms with Crippen LogP contribution in [0.15, 0.2) is 48.8 Å². The molecule has 0 unspecified atom stereocenters. The van der Waals surface area contributed by atoms with Gasteiger partial charge in [-0.25, -0.2) is 4.98 Å². The van der Waals surface area contributed by atoms with Gasteiger partial charge in [-0.05, 0) is 37.3 Å². The highest BCUT2D eigenvalue weighted by Crippen LogP contribution is 2.30. The first kappa shape index (κ1) is 19.0. The van der Waals surface area contributed by atoms with E-state index in [-0.39, 0.29) is 12.2 Å². The predicted octanol–water partition coefficient (Wildman–Crippen LogP) is 3.22. The van der Waals surface area contributed by atoms with E-state index in [2.05, 4.69) is 33.2 Å². The normalized spacial score (nSPS) is 19.0. The fourth-order valence-corrected chi connectivity index (χ4v) is 3.72. The standard InChI is InChI=1S/C22H23N5O2/c1-15-13-27(20-7-5-16(10-23)22-19(20)4-3-9-24-22)14-18(29-15)12-25-17-6-8-21(28-2)26-11-17/h3-9,11,15,18,25H,12-14H2,1-2H3/t15-,18-/m1/s1. The van der Waals surface area contributed by atoms with E-state index in [1.807, 2.05) is 36.4 Å². The van der Waals surface area contributed by atoms with Gasteiger partial charge in [0, 0.05) is 43.0 Å². The van der Waals surface area contributed by atoms with Crippen molar-refractivity contribution in [2.24, 2.45) is 0 Å². The van der Waals surface area contributed by atoms with Gasteiger partial charge in [0.2, 0.25) is 5.88 Å². The predicted molar refractivity (Wildman–Crippen MR) is 112 cm³/mol. The molecule has 4 rings (SSSR count). The van der Waals surface area contributed by atoms with Gasteiger partial charge in [0.25, 0.3) is 0 Å². The molecule has 0 saturated carbocycles. The van der Waals surface area contributed by atoms with Crippen molar-refractivity contribution in [2.75, 3.05) is 37.0 Å². The molecule has 7 heteroatoms. The van der Waals surface area contributed by atoms with E-state index in [4.69, 9.17) is 9.47 Å². The maximum atomic E-state index is 9.39. The molecule has 1 fully saturated rings. The zero-order chi connectivity index (χ0) is 20.2. The number of rotatable bonds is 5. The quantitative estimate of drug-likeness (QED) is 0.717. The van der Waals surface area contributed by atoms with Crippen LogP contribution in [0, 0.1) is 11.3 Å². The van der Waals surface area contributed by atoms with Gasteiger partial charge >= 0.3 is 0 Å². The van der Waals surface area contributed by atoms with Crippen molar-refractivity contribution in [1.82, 2.24) is 9.97 Å². The Morgan fingerprint density at radius 2 is 2.14 bits per heavy atom. The van der Waals surface area contributed by atoms with E-state index in [0.29, 0.717) is 18.0 Å². The number of ether oxygens (including phenoxy) is 2. The SMILES string of the molecule is COc1ccc(NC[C@@H]2CN(c3ccc(C#N)c4ncccc34)C[C@@H](C)O2)cn1. The molecule has 3 heterocycles. The molecule has 1 saturated heterocycles. The lowest BCUT2D eigenvalue weighted by Crippen LogP contribution is -2.49. The van der Waals surface area contributed by atoms with Crippen LogP contribution in [-0.2, 0) is 4.74 Å². The Morgan fingerprint density at radius 1 is 1.24 bits per heavy atom. The number of pyridine rings is 2. The third kappa shape index (κ3) is 4.08. The number of fused-ring (bicyclic) bond motifs is 1. The molecule has 1 N–H and O–H groups in total. The number of nitriles is 1. The van der Waals surface area contributed by atoms with Crippen LogP contribution in [0.25, 0.3) is 10.9 Å². The number of hydrogen-bond acceptors (Lipinski definition) is 7. The lowest BCUT2D eigenvalue weighted by atomic mass is 10.1. The Labute approximate surface area is 169 Å². The van der Waals surface area contributed by atoms with Gasteiger partial charge in [-0.15, -0.1) is 0 Å². The van der Waals surface area contributed by atoms with E-state index >= 15 is 0 Å². The summed E-state index contributed by atoms with van der Waals surface area (Å²) in [5.74, 6) is 0.588. The molecule has 2 atom stereocenters. The van der Waals surface area contributed by atoms with Gasteiger partial charge in [0.15, 0.2) is 0 Å². The first-order valence-corrected chi connectivity index (χ1v) is 9.60. The molecule has 0 radical (unpaired) electrons. The fourth-order valence-electron chi connectivity index (χ4n) is 3.72. The van der Waals surface area contributed by atoms with Gasteiger partial charge in [-0.1, -0.05) is 0 Å². The third-order valence-electron chi connectivity index (χ3n) is 5.01. The van der Waals surface area contributed by atoms with Gasteiger partial charge < -0.3 is 19.7 Å². The number of methoxy groups -OCH3 is 1. The summed E-state index contributed by atoms with van der Waals surface area (Å²) in [4.78, 5) is 11.0. The topological polar surface area (TPSA) is 83.3 Å². The van der Waals surface area contributed by atoms with Crippen molar-refractivity contribution in [3.8, 4) is 11.9 Å². The van der Waals surface area contributed by atoms with Crippen LogP contribution in [0.5, 0.6) is 5.88 Å². The fraction of sp³-hybridized carbons (Fsp3) is 0.318. The molecule has 0 aliphatic carbocycles. The summed E-state index contributed by atoms with van der Waals surface area (Å²) in [7, 11) is 1.60. The van der Waals surface area contributed by atoms with E-state index in [9.17, 15) is 5.26 Å². The summed E-state index contributed by atoms with van der Waals surface area (Å²) in [6.45, 7) is 4.28. The Morgan fingerprint density at radius 3 is 2.90 bits per heavy atom. The molecular formula is C22H23N5O2. The van der Waals surface area contributed by atoms with Crippen LogP contribution in [0.1, 0.15) is 12.5 Å². The molecule has 3 aromatic rings. The van der Waals surface area contributed by atoms with E-state index in [0.717, 1.165) is 35.4 Å². The van der Waals surface area contributed by atoms with Crippen molar-refractivity contribution < 1.29 is 9.47 Å². The average Bonchev–Trinajstić information content (AvgIpc) is 2.77. The molecule has 0 bridgehead atoms. The van der Waals surface area contributed by atoms with Crippen molar-refractivity contribution in [2.45, 2.75) is 19.1 Å². The Hall–Kier alpha value is -3.37. The summed E-state index contributed by atoms with van der Waals surface area (Å²) in [5.41, 5.74) is 3.34. The number of nitrogens with one attached hydrogen (secondary N) is 1. The highest BCUT2D eigenvalue weighted by molar-refractivity contribution is 5.95. The van der Waals surface area contributed by atoms with Crippen LogP contribution in [-0.4, -0.2) is 48.9 Å². The lowest BCUT2D eigenvalue weighted by Gasteiger charge is -2.39. The molecule has 1 aromatic carbocycles. The Balaban J connectivity index is 1.52. The maximum absolute atomic E-state index is 9.39. The second-order valence-corrected chi connectivity index (χ2v) is 7.09. The minimum atomic E-state index is 0.0169. The van der Waals surface area contributed by atoms with Crippen LogP contribution in [0.2, 0.25) is 0 Å². The number of anilines is 2. The summed E-state index contributed by atoms with van der Waals surface area (Å²) >= 11 is 0. The molecule has 7 nitrogen and oxygen atoms in total. The van der Waals surface area contributed by atoms with Crippen LogP contribution >= 0.6 is 0 Å². The molecular weight excluding hydrogens is 366 g/mol. The zero-order valence-electron chi connectivity index (χ0n) is 16.5. The van der Waals surface area contributed by atoms with Crippen LogP contribution in [0.4, 0.5) is 11.4 Å². The zero-order valence-corrected chi connectivity index (χ0v) is 16.5. The van der Waals surface area contributed by atoms with Crippen molar-refractivity contribution >= 4 is 22.3 Å². The Bertz CT molecular complexity index is 1030. The summed E-state index contributed by atoms with van der Waals surface area (Å²) in [5, 5.41) is 13.8. The minimum absolute atomic E-state index is 0.0169. The lowest BCUT2D eigenvalue weighted by molar-refractivity contribution is -0.00820. The van der Waals surface area contributed by atoms with Crippen molar-refractivity contribution in [1.29, 1.82) is 5.26 Å².